The second-order valence-electron chi connectivity index (χ2n) is 4.25. The number of ether oxygens (including phenoxy) is 1. The van der Waals surface area contributed by atoms with E-state index in [-0.39, 0.29) is 17.9 Å². The molecule has 0 aromatic heterocycles. The summed E-state index contributed by atoms with van der Waals surface area (Å²) in [6.07, 6.45) is 0. The fraction of sp³-hybridized carbons (Fsp3) is 0.0625. The van der Waals surface area contributed by atoms with E-state index in [9.17, 15) is 4.79 Å². The van der Waals surface area contributed by atoms with E-state index in [1.807, 2.05) is 30.3 Å². The van der Waals surface area contributed by atoms with Crippen LogP contribution in [-0.2, 0) is 4.74 Å². The lowest BCUT2D eigenvalue weighted by Gasteiger charge is -2.09. The van der Waals surface area contributed by atoms with E-state index < -0.39 is 5.97 Å². The summed E-state index contributed by atoms with van der Waals surface area (Å²) in [5.74, 6) is -0.546. The number of hydrogen-bond donors (Lipinski definition) is 0. The SMILES string of the molecule is C=C(COC(=O)c1ccccc1N=[N+]=[N-])c1ccccc1. The normalized spacial score (nSPS) is 9.52. The van der Waals surface area contributed by atoms with Gasteiger partial charge in [-0.05, 0) is 22.7 Å². The average Bonchev–Trinajstić information content (AvgIpc) is 2.54. The zero-order valence-corrected chi connectivity index (χ0v) is 11.3. The number of carbonyl (C=O) groups excluding carboxylic acids is 1. The molecule has 0 saturated carbocycles. The van der Waals surface area contributed by atoms with E-state index in [0.717, 1.165) is 5.56 Å². The quantitative estimate of drug-likeness (QED) is 0.350. The second kappa shape index (κ2) is 6.93. The van der Waals surface area contributed by atoms with E-state index in [2.05, 4.69) is 16.6 Å². The van der Waals surface area contributed by atoms with Crippen LogP contribution < -0.4 is 0 Å². The van der Waals surface area contributed by atoms with E-state index in [1.54, 1.807) is 24.3 Å². The molecule has 0 radical (unpaired) electrons. The van der Waals surface area contributed by atoms with Crippen molar-refractivity contribution in [2.75, 3.05) is 6.61 Å². The number of azide groups is 1. The van der Waals surface area contributed by atoms with Crippen LogP contribution in [0.3, 0.4) is 0 Å². The molecule has 5 nitrogen and oxygen atoms in total. The van der Waals surface area contributed by atoms with E-state index in [4.69, 9.17) is 10.3 Å². The van der Waals surface area contributed by atoms with Crippen LogP contribution in [-0.4, -0.2) is 12.6 Å². The van der Waals surface area contributed by atoms with E-state index in [1.165, 1.54) is 0 Å². The van der Waals surface area contributed by atoms with Gasteiger partial charge in [-0.25, -0.2) is 4.79 Å². The molecule has 0 aliphatic rings. The van der Waals surface area contributed by atoms with Crippen LogP contribution in [0.5, 0.6) is 0 Å². The first-order valence-electron chi connectivity index (χ1n) is 6.27. The maximum absolute atomic E-state index is 12.0. The van der Waals surface area contributed by atoms with Crippen molar-refractivity contribution < 1.29 is 9.53 Å². The highest BCUT2D eigenvalue weighted by Crippen LogP contribution is 2.20. The summed E-state index contributed by atoms with van der Waals surface area (Å²) in [5, 5.41) is 3.47. The number of carbonyl (C=O) groups is 1. The number of rotatable bonds is 5. The minimum absolute atomic E-state index is 0.0768. The summed E-state index contributed by atoms with van der Waals surface area (Å²) in [7, 11) is 0. The van der Waals surface area contributed by atoms with Gasteiger partial charge in [0.25, 0.3) is 0 Å². The van der Waals surface area contributed by atoms with Gasteiger partial charge in [-0.15, -0.1) is 0 Å². The van der Waals surface area contributed by atoms with Gasteiger partial charge < -0.3 is 4.74 Å². The minimum atomic E-state index is -0.546. The molecule has 2 aromatic carbocycles. The van der Waals surface area contributed by atoms with Gasteiger partial charge in [-0.1, -0.05) is 60.2 Å². The van der Waals surface area contributed by atoms with E-state index in [0.29, 0.717) is 5.57 Å². The summed E-state index contributed by atoms with van der Waals surface area (Å²) in [5.41, 5.74) is 10.6. The molecular formula is C16H13N3O2. The first-order chi connectivity index (χ1) is 10.2. The molecule has 0 fully saturated rings. The lowest BCUT2D eigenvalue weighted by molar-refractivity contribution is 0.0558. The fourth-order valence-electron chi connectivity index (χ4n) is 1.77. The molecule has 5 heteroatoms. The first-order valence-corrected chi connectivity index (χ1v) is 6.27. The van der Waals surface area contributed by atoms with Gasteiger partial charge in [0.15, 0.2) is 0 Å². The Hall–Kier alpha value is -3.04. The van der Waals surface area contributed by atoms with Gasteiger partial charge in [-0.2, -0.15) is 0 Å². The molecule has 0 heterocycles. The van der Waals surface area contributed by atoms with Crippen molar-refractivity contribution in [2.45, 2.75) is 0 Å². The molecule has 0 aliphatic carbocycles. The van der Waals surface area contributed by atoms with Crippen LogP contribution >= 0.6 is 0 Å². The topological polar surface area (TPSA) is 75.1 Å². The molecular weight excluding hydrogens is 266 g/mol. The minimum Gasteiger partial charge on any atom is -0.457 e. The zero-order valence-electron chi connectivity index (χ0n) is 11.3. The lowest BCUT2D eigenvalue weighted by atomic mass is 10.1. The molecule has 0 amide bonds. The summed E-state index contributed by atoms with van der Waals surface area (Å²) < 4.78 is 5.21. The highest BCUT2D eigenvalue weighted by atomic mass is 16.5. The van der Waals surface area contributed by atoms with Crippen molar-refractivity contribution in [1.29, 1.82) is 0 Å². The lowest BCUT2D eigenvalue weighted by Crippen LogP contribution is -2.07. The molecule has 21 heavy (non-hydrogen) atoms. The van der Waals surface area contributed by atoms with Crippen LogP contribution in [0.1, 0.15) is 15.9 Å². The molecule has 104 valence electrons. The Morgan fingerprint density at radius 1 is 1.14 bits per heavy atom. The summed E-state index contributed by atoms with van der Waals surface area (Å²) in [6.45, 7) is 3.97. The van der Waals surface area contributed by atoms with Gasteiger partial charge in [-0.3, -0.25) is 0 Å². The van der Waals surface area contributed by atoms with Gasteiger partial charge in [0.2, 0.25) is 0 Å². The molecule has 0 saturated heterocycles. The van der Waals surface area contributed by atoms with Crippen molar-refractivity contribution in [3.05, 3.63) is 82.7 Å². The Labute approximate surface area is 122 Å². The number of benzene rings is 2. The predicted octanol–water partition coefficient (Wildman–Crippen LogP) is 4.50. The predicted molar refractivity (Wildman–Crippen MR) is 81.0 cm³/mol. The Morgan fingerprint density at radius 2 is 1.81 bits per heavy atom. The Morgan fingerprint density at radius 3 is 2.52 bits per heavy atom. The third-order valence-electron chi connectivity index (χ3n) is 2.84. The summed E-state index contributed by atoms with van der Waals surface area (Å²) in [4.78, 5) is 14.7. The molecule has 0 bridgehead atoms. The van der Waals surface area contributed by atoms with Gasteiger partial charge in [0.1, 0.15) is 6.61 Å². The Balaban J connectivity index is 2.06. The van der Waals surface area contributed by atoms with Crippen molar-refractivity contribution >= 4 is 17.2 Å². The second-order valence-corrected chi connectivity index (χ2v) is 4.25. The van der Waals surface area contributed by atoms with Crippen molar-refractivity contribution in [3.8, 4) is 0 Å². The smallest absolute Gasteiger partial charge is 0.338 e. The molecule has 0 N–H and O–H groups in total. The maximum Gasteiger partial charge on any atom is 0.338 e. The number of esters is 1. The highest BCUT2D eigenvalue weighted by Gasteiger charge is 2.12. The Kier molecular flexibility index (Phi) is 4.75. The summed E-state index contributed by atoms with van der Waals surface area (Å²) in [6, 6.07) is 15.9. The molecule has 0 aliphatic heterocycles. The van der Waals surface area contributed by atoms with Crippen LogP contribution in [0.15, 0.2) is 66.3 Å². The van der Waals surface area contributed by atoms with Gasteiger partial charge in [0, 0.05) is 4.91 Å². The molecule has 2 aromatic rings. The van der Waals surface area contributed by atoms with Crippen LogP contribution in [0.4, 0.5) is 5.69 Å². The third-order valence-corrected chi connectivity index (χ3v) is 2.84. The van der Waals surface area contributed by atoms with E-state index >= 15 is 0 Å². The first kappa shape index (κ1) is 14.4. The van der Waals surface area contributed by atoms with Crippen molar-refractivity contribution in [3.63, 3.8) is 0 Å². The van der Waals surface area contributed by atoms with Crippen molar-refractivity contribution in [2.24, 2.45) is 5.11 Å². The molecule has 0 atom stereocenters. The zero-order chi connectivity index (χ0) is 15.1. The maximum atomic E-state index is 12.0. The molecule has 2 rings (SSSR count). The van der Waals surface area contributed by atoms with Gasteiger partial charge >= 0.3 is 5.97 Å². The third kappa shape index (κ3) is 3.72. The fourth-order valence-corrected chi connectivity index (χ4v) is 1.77. The monoisotopic (exact) mass is 279 g/mol. The Bertz CT molecular complexity index is 704. The summed E-state index contributed by atoms with van der Waals surface area (Å²) >= 11 is 0. The largest absolute Gasteiger partial charge is 0.457 e. The van der Waals surface area contributed by atoms with Crippen molar-refractivity contribution in [1.82, 2.24) is 0 Å². The number of nitrogens with zero attached hydrogens (tertiary/aromatic N) is 3. The molecule has 0 unspecified atom stereocenters. The standard InChI is InChI=1S/C16H13N3O2/c1-12(13-7-3-2-4-8-13)11-21-16(20)14-9-5-6-10-15(14)18-19-17/h2-10H,1,11H2. The molecule has 0 spiro atoms. The van der Waals surface area contributed by atoms with Crippen LogP contribution in [0, 0.1) is 0 Å². The van der Waals surface area contributed by atoms with Crippen LogP contribution in [0.2, 0.25) is 0 Å². The average molecular weight is 279 g/mol. The number of hydrogen-bond acceptors (Lipinski definition) is 3. The van der Waals surface area contributed by atoms with Crippen LogP contribution in [0.25, 0.3) is 16.0 Å². The van der Waals surface area contributed by atoms with Gasteiger partial charge in [0.05, 0.1) is 11.3 Å². The highest BCUT2D eigenvalue weighted by molar-refractivity contribution is 5.95.